The Kier molecular flexibility index (Phi) is 7.06. The van der Waals surface area contributed by atoms with E-state index in [4.69, 9.17) is 13.6 Å². The van der Waals surface area contributed by atoms with Gasteiger partial charge in [0.25, 0.3) is 0 Å². The van der Waals surface area contributed by atoms with E-state index in [1.54, 1.807) is 0 Å². The SMILES string of the molecule is [Ru].c1ccc(OP(Oc2ccccc2)Oc2ccccc2)cc1. The molecule has 5 heteroatoms. The first-order valence-electron chi connectivity index (χ1n) is 6.89. The summed E-state index contributed by atoms with van der Waals surface area (Å²) in [7, 11) is -1.59. The van der Waals surface area contributed by atoms with Crippen molar-refractivity contribution in [3.63, 3.8) is 0 Å². The molecule has 0 N–H and O–H groups in total. The van der Waals surface area contributed by atoms with Gasteiger partial charge in [-0.15, -0.1) is 0 Å². The van der Waals surface area contributed by atoms with Crippen molar-refractivity contribution in [3.8, 4) is 17.2 Å². The van der Waals surface area contributed by atoms with E-state index in [1.807, 2.05) is 91.0 Å². The van der Waals surface area contributed by atoms with Crippen LogP contribution in [0.15, 0.2) is 91.0 Å². The molecular formula is C18H15O3PRu. The van der Waals surface area contributed by atoms with E-state index in [0.29, 0.717) is 17.2 Å². The molecule has 0 amide bonds. The largest absolute Gasteiger partial charge is 0.530 e. The Hall–Kier alpha value is -1.89. The van der Waals surface area contributed by atoms with Crippen LogP contribution in [0, 0.1) is 0 Å². The molecule has 0 unspecified atom stereocenters. The van der Waals surface area contributed by atoms with E-state index >= 15 is 0 Å². The van der Waals surface area contributed by atoms with E-state index < -0.39 is 8.60 Å². The van der Waals surface area contributed by atoms with Crippen LogP contribution in [0.25, 0.3) is 0 Å². The molecule has 0 bridgehead atoms. The number of hydrogen-bond acceptors (Lipinski definition) is 3. The van der Waals surface area contributed by atoms with Crippen LogP contribution in [0.3, 0.4) is 0 Å². The normalized spacial score (nSPS) is 9.78. The zero-order valence-electron chi connectivity index (χ0n) is 12.2. The number of rotatable bonds is 6. The van der Waals surface area contributed by atoms with E-state index in [-0.39, 0.29) is 19.5 Å². The maximum absolute atomic E-state index is 5.84. The van der Waals surface area contributed by atoms with Gasteiger partial charge >= 0.3 is 8.60 Å². The Morgan fingerprint density at radius 3 is 0.957 bits per heavy atom. The maximum Gasteiger partial charge on any atom is 0.530 e. The van der Waals surface area contributed by atoms with Gasteiger partial charge in [-0.25, -0.2) is 0 Å². The van der Waals surface area contributed by atoms with Crippen LogP contribution in [-0.2, 0) is 19.5 Å². The van der Waals surface area contributed by atoms with Crippen molar-refractivity contribution < 1.29 is 33.0 Å². The minimum absolute atomic E-state index is 0. The van der Waals surface area contributed by atoms with Gasteiger partial charge in [-0.05, 0) is 36.4 Å². The third kappa shape index (κ3) is 5.67. The predicted octanol–water partition coefficient (Wildman–Crippen LogP) is 5.45. The quantitative estimate of drug-likeness (QED) is 0.399. The number of para-hydroxylation sites is 3. The first-order valence-corrected chi connectivity index (χ1v) is 7.99. The Balaban J connectivity index is 0.00000192. The third-order valence-corrected chi connectivity index (χ3v) is 3.85. The molecule has 23 heavy (non-hydrogen) atoms. The molecule has 3 rings (SSSR count). The molecule has 0 heterocycles. The molecular weight excluding hydrogens is 396 g/mol. The van der Waals surface area contributed by atoms with Gasteiger partial charge in [-0.1, -0.05) is 54.6 Å². The second kappa shape index (κ2) is 9.30. The van der Waals surface area contributed by atoms with Crippen molar-refractivity contribution in [1.82, 2.24) is 0 Å². The molecule has 0 saturated carbocycles. The molecule has 0 atom stereocenters. The summed E-state index contributed by atoms with van der Waals surface area (Å²) in [5.74, 6) is 2.13. The van der Waals surface area contributed by atoms with Gasteiger partial charge in [-0.3, -0.25) is 0 Å². The van der Waals surface area contributed by atoms with Crippen LogP contribution in [0.1, 0.15) is 0 Å². The number of hydrogen-bond donors (Lipinski definition) is 0. The second-order valence-electron chi connectivity index (χ2n) is 4.44. The van der Waals surface area contributed by atoms with E-state index in [1.165, 1.54) is 0 Å². The van der Waals surface area contributed by atoms with Crippen molar-refractivity contribution in [1.29, 1.82) is 0 Å². The minimum atomic E-state index is -1.59. The fourth-order valence-corrected chi connectivity index (χ4v) is 2.75. The summed E-state index contributed by atoms with van der Waals surface area (Å²) in [4.78, 5) is 0. The molecule has 3 aromatic rings. The van der Waals surface area contributed by atoms with Crippen LogP contribution in [0.5, 0.6) is 17.2 Å². The van der Waals surface area contributed by atoms with E-state index in [9.17, 15) is 0 Å². The third-order valence-electron chi connectivity index (χ3n) is 2.77. The predicted molar refractivity (Wildman–Crippen MR) is 88.1 cm³/mol. The van der Waals surface area contributed by atoms with Gasteiger partial charge in [0.1, 0.15) is 17.2 Å². The van der Waals surface area contributed by atoms with E-state index in [2.05, 4.69) is 0 Å². The maximum atomic E-state index is 5.84. The summed E-state index contributed by atoms with van der Waals surface area (Å²) in [5, 5.41) is 0. The fourth-order valence-electron chi connectivity index (χ4n) is 1.76. The first kappa shape index (κ1) is 17.5. The van der Waals surface area contributed by atoms with Gasteiger partial charge in [-0.2, -0.15) is 0 Å². The topological polar surface area (TPSA) is 27.7 Å². The van der Waals surface area contributed by atoms with Crippen LogP contribution in [0.2, 0.25) is 0 Å². The van der Waals surface area contributed by atoms with Crippen LogP contribution in [-0.4, -0.2) is 0 Å². The van der Waals surface area contributed by atoms with E-state index in [0.717, 1.165) is 0 Å². The molecule has 0 radical (unpaired) electrons. The Morgan fingerprint density at radius 1 is 0.435 bits per heavy atom. The molecule has 0 aromatic heterocycles. The molecule has 118 valence electrons. The first-order chi connectivity index (χ1) is 10.9. The van der Waals surface area contributed by atoms with Gasteiger partial charge in [0.05, 0.1) is 0 Å². The molecule has 0 spiro atoms. The molecule has 0 aliphatic carbocycles. The molecule has 3 aromatic carbocycles. The summed E-state index contributed by atoms with van der Waals surface area (Å²) in [6.45, 7) is 0. The Morgan fingerprint density at radius 2 is 0.696 bits per heavy atom. The van der Waals surface area contributed by atoms with Crippen molar-refractivity contribution >= 4 is 8.60 Å². The zero-order valence-corrected chi connectivity index (χ0v) is 14.8. The monoisotopic (exact) mass is 412 g/mol. The standard InChI is InChI=1S/C18H15O3P.Ru/c1-4-10-16(11-5-1)19-22(20-17-12-6-2-7-13-17)21-18-14-8-3-9-15-18;/h1-15H;. The summed E-state index contributed by atoms with van der Waals surface area (Å²) in [6.07, 6.45) is 0. The van der Waals surface area contributed by atoms with Gasteiger partial charge < -0.3 is 13.6 Å². The molecule has 0 aliphatic heterocycles. The van der Waals surface area contributed by atoms with Crippen LogP contribution >= 0.6 is 8.60 Å². The number of benzene rings is 3. The van der Waals surface area contributed by atoms with Gasteiger partial charge in [0, 0.05) is 19.5 Å². The average molecular weight is 411 g/mol. The van der Waals surface area contributed by atoms with Crippen molar-refractivity contribution in [2.45, 2.75) is 0 Å². The van der Waals surface area contributed by atoms with Crippen molar-refractivity contribution in [2.24, 2.45) is 0 Å². The van der Waals surface area contributed by atoms with Crippen LogP contribution < -0.4 is 13.6 Å². The summed E-state index contributed by atoms with van der Waals surface area (Å²) < 4.78 is 17.5. The van der Waals surface area contributed by atoms with Crippen LogP contribution in [0.4, 0.5) is 0 Å². The molecule has 3 nitrogen and oxygen atoms in total. The average Bonchev–Trinajstić information content (AvgIpc) is 2.57. The summed E-state index contributed by atoms with van der Waals surface area (Å²) in [6, 6.07) is 28.5. The minimum Gasteiger partial charge on any atom is -0.409 e. The molecule has 0 fully saturated rings. The van der Waals surface area contributed by atoms with Crippen molar-refractivity contribution in [2.75, 3.05) is 0 Å². The Labute approximate surface area is 150 Å². The molecule has 0 saturated heterocycles. The smallest absolute Gasteiger partial charge is 0.409 e. The van der Waals surface area contributed by atoms with Gasteiger partial charge in [0.2, 0.25) is 0 Å². The van der Waals surface area contributed by atoms with Crippen molar-refractivity contribution in [3.05, 3.63) is 91.0 Å². The summed E-state index contributed by atoms with van der Waals surface area (Å²) >= 11 is 0. The fraction of sp³-hybridized carbons (Fsp3) is 0. The second-order valence-corrected chi connectivity index (χ2v) is 5.43. The summed E-state index contributed by atoms with van der Waals surface area (Å²) in [5.41, 5.74) is 0. The Bertz CT molecular complexity index is 582. The zero-order chi connectivity index (χ0) is 15.0. The van der Waals surface area contributed by atoms with Gasteiger partial charge in [0.15, 0.2) is 0 Å². The molecule has 0 aliphatic rings.